The summed E-state index contributed by atoms with van der Waals surface area (Å²) < 4.78 is 16.6. The molecule has 166 valence electrons. The van der Waals surface area contributed by atoms with Gasteiger partial charge in [0.15, 0.2) is 18.1 Å². The average Bonchev–Trinajstić information content (AvgIpc) is 3.32. The van der Waals surface area contributed by atoms with Gasteiger partial charge in [0, 0.05) is 0 Å². The fourth-order valence-electron chi connectivity index (χ4n) is 2.74. The molecule has 0 saturated carbocycles. The number of hydrogen-bond acceptors (Lipinski definition) is 7. The van der Waals surface area contributed by atoms with Crippen LogP contribution in [-0.4, -0.2) is 31.3 Å². The first-order chi connectivity index (χ1) is 15.5. The molecule has 1 aromatic heterocycles. The van der Waals surface area contributed by atoms with Crippen molar-refractivity contribution < 1.29 is 23.8 Å². The highest BCUT2D eigenvalue weighted by Crippen LogP contribution is 2.29. The van der Waals surface area contributed by atoms with Gasteiger partial charge in [-0.1, -0.05) is 18.2 Å². The van der Waals surface area contributed by atoms with Gasteiger partial charge in [0.2, 0.25) is 0 Å². The summed E-state index contributed by atoms with van der Waals surface area (Å²) in [4.78, 5) is 24.7. The maximum atomic E-state index is 12.2. The van der Waals surface area contributed by atoms with Gasteiger partial charge in [-0.05, 0) is 73.2 Å². The Bertz CT molecular complexity index is 1110. The summed E-state index contributed by atoms with van der Waals surface area (Å²) in [7, 11) is 0. The highest BCUT2D eigenvalue weighted by Gasteiger charge is 2.14. The molecular weight excluding hydrogens is 428 g/mol. The molecular formula is C24H24N2O5S. The molecule has 0 aliphatic heterocycles. The minimum Gasteiger partial charge on any atom is -0.490 e. The normalized spacial score (nSPS) is 10.7. The molecule has 7 nitrogen and oxygen atoms in total. The van der Waals surface area contributed by atoms with E-state index in [9.17, 15) is 9.59 Å². The second-order valence-electron chi connectivity index (χ2n) is 6.79. The average molecular weight is 453 g/mol. The summed E-state index contributed by atoms with van der Waals surface area (Å²) in [6.07, 6.45) is 1.48. The van der Waals surface area contributed by atoms with Crippen LogP contribution in [0.15, 0.2) is 59.0 Å². The summed E-state index contributed by atoms with van der Waals surface area (Å²) in [6.45, 7) is 6.01. The van der Waals surface area contributed by atoms with Crippen molar-refractivity contribution in [2.24, 2.45) is 5.10 Å². The zero-order valence-corrected chi connectivity index (χ0v) is 18.9. The highest BCUT2D eigenvalue weighted by atomic mass is 32.1. The lowest BCUT2D eigenvalue weighted by Crippen LogP contribution is -2.24. The molecule has 0 spiro atoms. The van der Waals surface area contributed by atoms with E-state index in [4.69, 9.17) is 14.2 Å². The first-order valence-corrected chi connectivity index (χ1v) is 10.9. The van der Waals surface area contributed by atoms with Gasteiger partial charge in [-0.15, -0.1) is 11.3 Å². The minimum absolute atomic E-state index is 0.149. The topological polar surface area (TPSA) is 86.2 Å². The smallest absolute Gasteiger partial charge is 0.353 e. The number of thiophene rings is 1. The van der Waals surface area contributed by atoms with E-state index in [0.29, 0.717) is 34.3 Å². The van der Waals surface area contributed by atoms with Crippen LogP contribution in [0, 0.1) is 13.8 Å². The van der Waals surface area contributed by atoms with E-state index in [0.717, 1.165) is 11.1 Å². The van der Waals surface area contributed by atoms with Gasteiger partial charge in [-0.25, -0.2) is 10.2 Å². The second kappa shape index (κ2) is 11.1. The monoisotopic (exact) mass is 452 g/mol. The van der Waals surface area contributed by atoms with E-state index < -0.39 is 5.97 Å². The molecule has 3 rings (SSSR count). The molecule has 2 aromatic carbocycles. The van der Waals surface area contributed by atoms with E-state index in [2.05, 4.69) is 10.5 Å². The van der Waals surface area contributed by atoms with E-state index in [1.807, 2.05) is 39.0 Å². The van der Waals surface area contributed by atoms with Crippen molar-refractivity contribution in [3.8, 4) is 17.2 Å². The predicted octanol–water partition coefficient (Wildman–Crippen LogP) is 4.51. The Balaban J connectivity index is 1.58. The molecule has 0 atom stereocenters. The largest absolute Gasteiger partial charge is 0.490 e. The third-order valence-corrected chi connectivity index (χ3v) is 5.36. The standard InChI is InChI=1S/C24H24N2O5S/c1-4-29-21-13-18(10-11-20(21)31-24(28)22-9-6-12-32-22)14-25-26-23(27)15-30-19-8-5-7-16(2)17(19)3/h5-14H,4,15H2,1-3H3,(H,26,27). The van der Waals surface area contributed by atoms with E-state index in [1.54, 1.807) is 35.7 Å². The van der Waals surface area contributed by atoms with E-state index in [-0.39, 0.29) is 12.5 Å². The number of nitrogens with zero attached hydrogens (tertiary/aromatic N) is 1. The first-order valence-electron chi connectivity index (χ1n) is 10.0. The summed E-state index contributed by atoms with van der Waals surface area (Å²) in [5, 5.41) is 5.77. The number of rotatable bonds is 9. The molecule has 1 N–H and O–H groups in total. The van der Waals surface area contributed by atoms with Crippen molar-refractivity contribution in [2.75, 3.05) is 13.2 Å². The van der Waals surface area contributed by atoms with Crippen molar-refractivity contribution in [1.82, 2.24) is 5.43 Å². The lowest BCUT2D eigenvalue weighted by Gasteiger charge is -2.11. The zero-order valence-electron chi connectivity index (χ0n) is 18.1. The van der Waals surface area contributed by atoms with Crippen molar-refractivity contribution in [3.05, 3.63) is 75.5 Å². The Morgan fingerprint density at radius 1 is 1.03 bits per heavy atom. The summed E-state index contributed by atoms with van der Waals surface area (Å²) in [6, 6.07) is 14.2. The molecule has 3 aromatic rings. The number of amides is 1. The van der Waals surface area contributed by atoms with Crippen molar-refractivity contribution in [3.63, 3.8) is 0 Å². The van der Waals surface area contributed by atoms with Gasteiger partial charge in [-0.3, -0.25) is 4.79 Å². The van der Waals surface area contributed by atoms with Crippen molar-refractivity contribution in [2.45, 2.75) is 20.8 Å². The SMILES string of the molecule is CCOc1cc(C=NNC(=O)COc2cccc(C)c2C)ccc1OC(=O)c1cccs1. The summed E-state index contributed by atoms with van der Waals surface area (Å²) in [5.41, 5.74) is 5.19. The Kier molecular flexibility index (Phi) is 7.99. The molecule has 8 heteroatoms. The first kappa shape index (κ1) is 23.0. The fraction of sp³-hybridized carbons (Fsp3) is 0.208. The summed E-state index contributed by atoms with van der Waals surface area (Å²) >= 11 is 1.30. The number of carbonyl (C=O) groups is 2. The quantitative estimate of drug-likeness (QED) is 0.223. The van der Waals surface area contributed by atoms with Crippen LogP contribution in [-0.2, 0) is 4.79 Å². The lowest BCUT2D eigenvalue weighted by molar-refractivity contribution is -0.123. The molecule has 0 unspecified atom stereocenters. The Morgan fingerprint density at radius 3 is 2.62 bits per heavy atom. The molecule has 1 amide bonds. The predicted molar refractivity (Wildman–Crippen MR) is 124 cm³/mol. The molecule has 0 aliphatic rings. The van der Waals surface area contributed by atoms with Gasteiger partial charge in [0.05, 0.1) is 12.8 Å². The molecule has 0 saturated heterocycles. The van der Waals surface area contributed by atoms with Crippen LogP contribution in [0.1, 0.15) is 33.3 Å². The summed E-state index contributed by atoms with van der Waals surface area (Å²) in [5.74, 6) is 0.560. The third kappa shape index (κ3) is 6.18. The molecule has 32 heavy (non-hydrogen) atoms. The third-order valence-electron chi connectivity index (χ3n) is 4.51. The molecule has 0 aliphatic carbocycles. The molecule has 0 fully saturated rings. The van der Waals surface area contributed by atoms with Crippen LogP contribution in [0.5, 0.6) is 17.2 Å². The van der Waals surface area contributed by atoms with Gasteiger partial charge in [-0.2, -0.15) is 5.10 Å². The number of aryl methyl sites for hydroxylation is 1. The second-order valence-corrected chi connectivity index (χ2v) is 7.73. The van der Waals surface area contributed by atoms with Crippen LogP contribution in [0.3, 0.4) is 0 Å². The van der Waals surface area contributed by atoms with Gasteiger partial charge < -0.3 is 14.2 Å². The van der Waals surface area contributed by atoms with Crippen LogP contribution in [0.25, 0.3) is 0 Å². The Hall–Kier alpha value is -3.65. The number of esters is 1. The fourth-order valence-corrected chi connectivity index (χ4v) is 3.34. The maximum Gasteiger partial charge on any atom is 0.353 e. The Morgan fingerprint density at radius 2 is 1.88 bits per heavy atom. The van der Waals surface area contributed by atoms with Crippen LogP contribution in [0.2, 0.25) is 0 Å². The van der Waals surface area contributed by atoms with Crippen molar-refractivity contribution in [1.29, 1.82) is 0 Å². The number of ether oxygens (including phenoxy) is 3. The minimum atomic E-state index is -0.446. The highest BCUT2D eigenvalue weighted by molar-refractivity contribution is 7.12. The molecule has 1 heterocycles. The van der Waals surface area contributed by atoms with Crippen LogP contribution >= 0.6 is 11.3 Å². The molecule has 0 bridgehead atoms. The number of hydrazone groups is 1. The number of carbonyl (C=O) groups excluding carboxylic acids is 2. The van der Waals surface area contributed by atoms with E-state index >= 15 is 0 Å². The van der Waals surface area contributed by atoms with Crippen LogP contribution < -0.4 is 19.6 Å². The zero-order chi connectivity index (χ0) is 22.9. The lowest BCUT2D eigenvalue weighted by atomic mass is 10.1. The van der Waals surface area contributed by atoms with Crippen LogP contribution in [0.4, 0.5) is 0 Å². The van der Waals surface area contributed by atoms with E-state index in [1.165, 1.54) is 17.6 Å². The number of hydrogen-bond donors (Lipinski definition) is 1. The van der Waals surface area contributed by atoms with Gasteiger partial charge in [0.25, 0.3) is 5.91 Å². The van der Waals surface area contributed by atoms with Gasteiger partial charge >= 0.3 is 5.97 Å². The Labute approximate surface area is 190 Å². The number of nitrogens with one attached hydrogen (secondary N) is 1. The number of benzene rings is 2. The molecule has 0 radical (unpaired) electrons. The maximum absolute atomic E-state index is 12.2. The van der Waals surface area contributed by atoms with Gasteiger partial charge in [0.1, 0.15) is 10.6 Å². The van der Waals surface area contributed by atoms with Crippen molar-refractivity contribution >= 4 is 29.4 Å².